The van der Waals surface area contributed by atoms with Crippen LogP contribution in [0.1, 0.15) is 44.6 Å². The van der Waals surface area contributed by atoms with Crippen LogP contribution in [0.15, 0.2) is 12.4 Å². The lowest BCUT2D eigenvalue weighted by atomic mass is 10.1. The Morgan fingerprint density at radius 1 is 1.42 bits per heavy atom. The van der Waals surface area contributed by atoms with Gasteiger partial charge in [0.15, 0.2) is 0 Å². The van der Waals surface area contributed by atoms with Crippen molar-refractivity contribution < 1.29 is 14.3 Å². The van der Waals surface area contributed by atoms with Crippen LogP contribution in [0.25, 0.3) is 0 Å². The number of likely N-dealkylation sites (tertiary alicyclic amines) is 1. The van der Waals surface area contributed by atoms with Crippen LogP contribution in [0, 0.1) is 6.92 Å². The molecule has 1 amide bonds. The van der Waals surface area contributed by atoms with Gasteiger partial charge in [-0.2, -0.15) is 5.10 Å². The minimum atomic E-state index is -0.407. The van der Waals surface area contributed by atoms with E-state index in [1.165, 1.54) is 6.42 Å². The van der Waals surface area contributed by atoms with Crippen molar-refractivity contribution >= 4 is 5.91 Å². The van der Waals surface area contributed by atoms with E-state index in [1.54, 1.807) is 0 Å². The van der Waals surface area contributed by atoms with Gasteiger partial charge in [-0.15, -0.1) is 0 Å². The zero-order valence-electron chi connectivity index (χ0n) is 14.8. The third-order valence-electron chi connectivity index (χ3n) is 4.97. The van der Waals surface area contributed by atoms with Crippen molar-refractivity contribution in [2.45, 2.75) is 70.7 Å². The van der Waals surface area contributed by atoms with E-state index in [-0.39, 0.29) is 18.1 Å². The first-order chi connectivity index (χ1) is 11.6. The third-order valence-corrected chi connectivity index (χ3v) is 4.97. The zero-order chi connectivity index (χ0) is 16.9. The molecule has 2 saturated heterocycles. The minimum Gasteiger partial charge on any atom is -0.376 e. The second-order valence-corrected chi connectivity index (χ2v) is 7.03. The Labute approximate surface area is 144 Å². The highest BCUT2D eigenvalue weighted by Gasteiger charge is 2.32. The van der Waals surface area contributed by atoms with Gasteiger partial charge in [-0.3, -0.25) is 9.48 Å². The molecule has 0 N–H and O–H groups in total. The van der Waals surface area contributed by atoms with Gasteiger partial charge in [-0.1, -0.05) is 0 Å². The highest BCUT2D eigenvalue weighted by atomic mass is 16.5. The van der Waals surface area contributed by atoms with Crippen molar-refractivity contribution in [3.8, 4) is 0 Å². The molecular formula is C18H29N3O3. The van der Waals surface area contributed by atoms with Crippen molar-refractivity contribution in [3.63, 3.8) is 0 Å². The summed E-state index contributed by atoms with van der Waals surface area (Å²) in [7, 11) is 0. The lowest BCUT2D eigenvalue weighted by Gasteiger charge is -2.29. The van der Waals surface area contributed by atoms with E-state index in [0.29, 0.717) is 6.61 Å². The molecule has 2 aliphatic rings. The maximum absolute atomic E-state index is 12.8. The number of carbonyl (C=O) groups is 1. The highest BCUT2D eigenvalue weighted by molar-refractivity contribution is 5.81. The van der Waals surface area contributed by atoms with E-state index >= 15 is 0 Å². The molecule has 134 valence electrons. The fraction of sp³-hybridized carbons (Fsp3) is 0.778. The topological polar surface area (TPSA) is 56.6 Å². The summed E-state index contributed by atoms with van der Waals surface area (Å²) < 4.78 is 13.4. The molecule has 3 atom stereocenters. The Morgan fingerprint density at radius 3 is 3.00 bits per heavy atom. The smallest absolute Gasteiger partial charge is 0.251 e. The second kappa shape index (κ2) is 8.12. The standard InChI is InChI=1S/C18H29N3O3/c1-14-10-19-20(11-14)12-16-6-5-8-21(16)18(22)15(2)24-13-17-7-3-4-9-23-17/h10-11,15-17H,3-9,12-13H2,1-2H3/t15-,16+,17-/m1/s1. The van der Waals surface area contributed by atoms with Crippen molar-refractivity contribution in [1.82, 2.24) is 14.7 Å². The number of hydrogen-bond donors (Lipinski definition) is 0. The molecule has 1 aromatic rings. The van der Waals surface area contributed by atoms with Crippen LogP contribution in [0.5, 0.6) is 0 Å². The summed E-state index contributed by atoms with van der Waals surface area (Å²) in [6.07, 6.45) is 9.06. The van der Waals surface area contributed by atoms with Crippen molar-refractivity contribution in [2.75, 3.05) is 19.8 Å². The van der Waals surface area contributed by atoms with Gasteiger partial charge in [0.05, 0.1) is 31.5 Å². The van der Waals surface area contributed by atoms with Gasteiger partial charge in [0.25, 0.3) is 5.91 Å². The molecule has 1 aromatic heterocycles. The Bertz CT molecular complexity index is 539. The summed E-state index contributed by atoms with van der Waals surface area (Å²) in [5.41, 5.74) is 1.15. The van der Waals surface area contributed by atoms with Crippen LogP contribution in [0.2, 0.25) is 0 Å². The number of aromatic nitrogens is 2. The monoisotopic (exact) mass is 335 g/mol. The van der Waals surface area contributed by atoms with Crippen LogP contribution in [0.3, 0.4) is 0 Å². The van der Waals surface area contributed by atoms with Gasteiger partial charge in [-0.05, 0) is 51.5 Å². The molecule has 0 spiro atoms. The lowest BCUT2D eigenvalue weighted by Crippen LogP contribution is -2.44. The summed E-state index contributed by atoms with van der Waals surface area (Å²) in [5.74, 6) is 0.0946. The summed E-state index contributed by atoms with van der Waals surface area (Å²) in [4.78, 5) is 14.7. The second-order valence-electron chi connectivity index (χ2n) is 7.03. The first-order valence-corrected chi connectivity index (χ1v) is 9.16. The number of carbonyl (C=O) groups excluding carboxylic acids is 1. The van der Waals surface area contributed by atoms with E-state index in [0.717, 1.165) is 50.9 Å². The van der Waals surface area contributed by atoms with Crippen LogP contribution in [0.4, 0.5) is 0 Å². The largest absolute Gasteiger partial charge is 0.376 e. The highest BCUT2D eigenvalue weighted by Crippen LogP contribution is 2.21. The molecule has 3 rings (SSSR count). The Morgan fingerprint density at radius 2 is 2.29 bits per heavy atom. The number of ether oxygens (including phenoxy) is 2. The Balaban J connectivity index is 1.50. The fourth-order valence-corrected chi connectivity index (χ4v) is 3.59. The molecule has 0 aromatic carbocycles. The molecule has 2 aliphatic heterocycles. The first-order valence-electron chi connectivity index (χ1n) is 9.16. The summed E-state index contributed by atoms with van der Waals surface area (Å²) in [6, 6.07) is 0.216. The quantitative estimate of drug-likeness (QED) is 0.799. The predicted molar refractivity (Wildman–Crippen MR) is 90.7 cm³/mol. The molecular weight excluding hydrogens is 306 g/mol. The predicted octanol–water partition coefficient (Wildman–Crippen LogP) is 2.16. The number of rotatable bonds is 6. The van der Waals surface area contributed by atoms with Crippen LogP contribution in [-0.2, 0) is 20.8 Å². The van der Waals surface area contributed by atoms with Crippen molar-refractivity contribution in [3.05, 3.63) is 18.0 Å². The number of amides is 1. The minimum absolute atomic E-state index is 0.0946. The van der Waals surface area contributed by atoms with Gasteiger partial charge in [0.1, 0.15) is 6.10 Å². The average Bonchev–Trinajstić information content (AvgIpc) is 3.22. The molecule has 6 heteroatoms. The Kier molecular flexibility index (Phi) is 5.89. The summed E-state index contributed by atoms with van der Waals surface area (Å²) >= 11 is 0. The first kappa shape index (κ1) is 17.4. The van der Waals surface area contributed by atoms with Gasteiger partial charge >= 0.3 is 0 Å². The normalized spacial score (nSPS) is 25.8. The number of hydrogen-bond acceptors (Lipinski definition) is 4. The summed E-state index contributed by atoms with van der Waals surface area (Å²) in [5, 5.41) is 4.35. The van der Waals surface area contributed by atoms with Gasteiger partial charge in [0.2, 0.25) is 0 Å². The van der Waals surface area contributed by atoms with Crippen LogP contribution < -0.4 is 0 Å². The number of aryl methyl sites for hydroxylation is 1. The summed E-state index contributed by atoms with van der Waals surface area (Å²) in [6.45, 7) is 6.80. The van der Waals surface area contributed by atoms with E-state index in [1.807, 2.05) is 35.8 Å². The molecule has 0 aliphatic carbocycles. The van der Waals surface area contributed by atoms with E-state index in [2.05, 4.69) is 5.10 Å². The molecule has 0 saturated carbocycles. The van der Waals surface area contributed by atoms with Gasteiger partial charge < -0.3 is 14.4 Å². The van der Waals surface area contributed by atoms with E-state index in [4.69, 9.17) is 9.47 Å². The van der Waals surface area contributed by atoms with Crippen LogP contribution >= 0.6 is 0 Å². The average molecular weight is 335 g/mol. The van der Waals surface area contributed by atoms with Crippen LogP contribution in [-0.4, -0.2) is 58.6 Å². The van der Waals surface area contributed by atoms with E-state index in [9.17, 15) is 4.79 Å². The van der Waals surface area contributed by atoms with E-state index < -0.39 is 6.10 Å². The van der Waals surface area contributed by atoms with Gasteiger partial charge in [-0.25, -0.2) is 0 Å². The number of nitrogens with zero attached hydrogens (tertiary/aromatic N) is 3. The van der Waals surface area contributed by atoms with Gasteiger partial charge in [0, 0.05) is 19.3 Å². The molecule has 0 unspecified atom stereocenters. The molecule has 24 heavy (non-hydrogen) atoms. The third kappa shape index (κ3) is 4.36. The molecule has 0 radical (unpaired) electrons. The fourth-order valence-electron chi connectivity index (χ4n) is 3.59. The molecule has 6 nitrogen and oxygen atoms in total. The lowest BCUT2D eigenvalue weighted by molar-refractivity contribution is -0.147. The molecule has 2 fully saturated rings. The maximum Gasteiger partial charge on any atom is 0.251 e. The molecule has 3 heterocycles. The maximum atomic E-state index is 12.8. The Hall–Kier alpha value is -1.40. The van der Waals surface area contributed by atoms with Crippen molar-refractivity contribution in [1.29, 1.82) is 0 Å². The zero-order valence-corrected chi connectivity index (χ0v) is 14.8. The van der Waals surface area contributed by atoms with Crippen molar-refractivity contribution in [2.24, 2.45) is 0 Å². The SMILES string of the molecule is Cc1cnn(C[C@@H]2CCCN2C(=O)[C@@H](C)OC[C@H]2CCCCO2)c1. The molecule has 0 bridgehead atoms.